The highest BCUT2D eigenvalue weighted by atomic mass is 16.3. The smallest absolute Gasteiger partial charge is 0.0899 e. The zero-order valence-corrected chi connectivity index (χ0v) is 7.09. The average Bonchev–Trinajstić information content (AvgIpc) is 1.88. The van der Waals surface area contributed by atoms with E-state index < -0.39 is 5.60 Å². The molecule has 0 heterocycles. The summed E-state index contributed by atoms with van der Waals surface area (Å²) in [5.74, 6) is 0.137. The minimum Gasteiger partial charge on any atom is -0.393 e. The molecule has 0 aromatic heterocycles. The van der Waals surface area contributed by atoms with Crippen molar-refractivity contribution in [1.82, 2.24) is 0 Å². The van der Waals surface area contributed by atoms with Gasteiger partial charge in [0.15, 0.2) is 0 Å². The van der Waals surface area contributed by atoms with E-state index in [1.165, 1.54) is 0 Å². The molecule has 2 heteroatoms. The van der Waals surface area contributed by atoms with Crippen molar-refractivity contribution in [2.75, 3.05) is 6.61 Å². The Morgan fingerprint density at radius 1 is 1.40 bits per heavy atom. The molecule has 0 aromatic carbocycles. The molecule has 0 unspecified atom stereocenters. The van der Waals surface area contributed by atoms with Crippen LogP contribution in [0.3, 0.4) is 0 Å². The Bertz CT molecular complexity index is 91.3. The fourth-order valence-electron chi connectivity index (χ4n) is 0.983. The summed E-state index contributed by atoms with van der Waals surface area (Å²) in [4.78, 5) is 0. The molecular formula is C8H18O2. The maximum Gasteiger partial charge on any atom is 0.0899 e. The number of aliphatic hydroxyl groups is 2. The SMILES string of the molecule is CCC[C@@](O)(CO)C(C)C. The molecule has 0 bridgehead atoms. The van der Waals surface area contributed by atoms with Crippen molar-refractivity contribution in [3.05, 3.63) is 0 Å². The lowest BCUT2D eigenvalue weighted by Gasteiger charge is -2.29. The van der Waals surface area contributed by atoms with Gasteiger partial charge in [-0.3, -0.25) is 0 Å². The summed E-state index contributed by atoms with van der Waals surface area (Å²) in [6, 6.07) is 0. The van der Waals surface area contributed by atoms with Crippen molar-refractivity contribution >= 4 is 0 Å². The van der Waals surface area contributed by atoms with Crippen LogP contribution in [0.5, 0.6) is 0 Å². The Morgan fingerprint density at radius 2 is 1.90 bits per heavy atom. The van der Waals surface area contributed by atoms with Crippen LogP contribution in [0.2, 0.25) is 0 Å². The fourth-order valence-corrected chi connectivity index (χ4v) is 0.983. The maximum absolute atomic E-state index is 9.65. The molecule has 0 rings (SSSR count). The number of hydrogen-bond donors (Lipinski definition) is 2. The number of hydrogen-bond acceptors (Lipinski definition) is 2. The van der Waals surface area contributed by atoms with Crippen LogP contribution < -0.4 is 0 Å². The van der Waals surface area contributed by atoms with Crippen LogP contribution in [-0.2, 0) is 0 Å². The summed E-state index contributed by atoms with van der Waals surface area (Å²) >= 11 is 0. The highest BCUT2D eigenvalue weighted by Crippen LogP contribution is 2.21. The molecule has 0 aromatic rings. The molecule has 2 N–H and O–H groups in total. The largest absolute Gasteiger partial charge is 0.393 e. The molecule has 0 radical (unpaired) electrons. The van der Waals surface area contributed by atoms with Gasteiger partial charge in [0.1, 0.15) is 0 Å². The third kappa shape index (κ3) is 2.27. The van der Waals surface area contributed by atoms with Crippen molar-refractivity contribution in [3.63, 3.8) is 0 Å². The monoisotopic (exact) mass is 146 g/mol. The standard InChI is InChI=1S/C8H18O2/c1-4-5-8(10,6-9)7(2)3/h7,9-10H,4-6H2,1-3H3/t8-/m1/s1. The zero-order chi connectivity index (χ0) is 8.20. The lowest BCUT2D eigenvalue weighted by atomic mass is 9.87. The van der Waals surface area contributed by atoms with Crippen molar-refractivity contribution < 1.29 is 10.2 Å². The highest BCUT2D eigenvalue weighted by Gasteiger charge is 2.28. The van der Waals surface area contributed by atoms with E-state index in [0.717, 1.165) is 6.42 Å². The molecule has 10 heavy (non-hydrogen) atoms. The predicted molar refractivity (Wildman–Crippen MR) is 41.8 cm³/mol. The minimum absolute atomic E-state index is 0.126. The first-order valence-electron chi connectivity index (χ1n) is 3.90. The second-order valence-corrected chi connectivity index (χ2v) is 3.17. The average molecular weight is 146 g/mol. The van der Waals surface area contributed by atoms with Crippen molar-refractivity contribution in [3.8, 4) is 0 Å². The second kappa shape index (κ2) is 3.94. The van der Waals surface area contributed by atoms with Gasteiger partial charge in [-0.25, -0.2) is 0 Å². The Morgan fingerprint density at radius 3 is 2.00 bits per heavy atom. The van der Waals surface area contributed by atoms with Crippen LogP contribution in [0.4, 0.5) is 0 Å². The van der Waals surface area contributed by atoms with E-state index in [1.807, 2.05) is 20.8 Å². The van der Waals surface area contributed by atoms with Gasteiger partial charge in [0, 0.05) is 0 Å². The van der Waals surface area contributed by atoms with Crippen molar-refractivity contribution in [2.45, 2.75) is 39.2 Å². The predicted octanol–water partition coefficient (Wildman–Crippen LogP) is 1.17. The summed E-state index contributed by atoms with van der Waals surface area (Å²) in [7, 11) is 0. The van der Waals surface area contributed by atoms with Gasteiger partial charge in [0.25, 0.3) is 0 Å². The van der Waals surface area contributed by atoms with E-state index in [2.05, 4.69) is 0 Å². The molecule has 0 aliphatic carbocycles. The first-order chi connectivity index (χ1) is 4.56. The molecule has 0 aliphatic rings. The van der Waals surface area contributed by atoms with Gasteiger partial charge in [-0.2, -0.15) is 0 Å². The second-order valence-electron chi connectivity index (χ2n) is 3.17. The summed E-state index contributed by atoms with van der Waals surface area (Å²) in [6.45, 7) is 5.72. The van der Waals surface area contributed by atoms with Gasteiger partial charge in [-0.15, -0.1) is 0 Å². The van der Waals surface area contributed by atoms with Gasteiger partial charge in [-0.05, 0) is 12.3 Å². The van der Waals surface area contributed by atoms with Crippen LogP contribution in [0.25, 0.3) is 0 Å². The molecular weight excluding hydrogens is 128 g/mol. The molecule has 2 nitrogen and oxygen atoms in total. The molecule has 0 spiro atoms. The number of rotatable bonds is 4. The normalized spacial score (nSPS) is 17.4. The van der Waals surface area contributed by atoms with Gasteiger partial charge in [0.05, 0.1) is 12.2 Å². The van der Waals surface area contributed by atoms with E-state index >= 15 is 0 Å². The molecule has 62 valence electrons. The van der Waals surface area contributed by atoms with Gasteiger partial charge in [0.2, 0.25) is 0 Å². The molecule has 0 fully saturated rings. The van der Waals surface area contributed by atoms with Gasteiger partial charge < -0.3 is 10.2 Å². The molecule has 0 amide bonds. The third-order valence-corrected chi connectivity index (χ3v) is 2.03. The summed E-state index contributed by atoms with van der Waals surface area (Å²) in [5.41, 5.74) is -0.852. The fraction of sp³-hybridized carbons (Fsp3) is 1.00. The summed E-state index contributed by atoms with van der Waals surface area (Å²) in [5, 5.41) is 18.5. The van der Waals surface area contributed by atoms with Gasteiger partial charge in [-0.1, -0.05) is 27.2 Å². The van der Waals surface area contributed by atoms with Crippen molar-refractivity contribution in [1.29, 1.82) is 0 Å². The molecule has 0 aliphatic heterocycles. The third-order valence-electron chi connectivity index (χ3n) is 2.03. The molecule has 0 saturated heterocycles. The van der Waals surface area contributed by atoms with Crippen LogP contribution in [0.15, 0.2) is 0 Å². The van der Waals surface area contributed by atoms with Crippen LogP contribution in [0, 0.1) is 5.92 Å². The van der Waals surface area contributed by atoms with Crippen molar-refractivity contribution in [2.24, 2.45) is 5.92 Å². The Kier molecular flexibility index (Phi) is 3.91. The topological polar surface area (TPSA) is 40.5 Å². The lowest BCUT2D eigenvalue weighted by Crippen LogP contribution is -2.38. The summed E-state index contributed by atoms with van der Waals surface area (Å²) in [6.07, 6.45) is 1.59. The first kappa shape index (κ1) is 9.92. The molecule has 0 saturated carbocycles. The van der Waals surface area contributed by atoms with E-state index in [-0.39, 0.29) is 12.5 Å². The Hall–Kier alpha value is -0.0800. The van der Waals surface area contributed by atoms with E-state index in [1.54, 1.807) is 0 Å². The Labute approximate surface area is 62.9 Å². The zero-order valence-electron chi connectivity index (χ0n) is 7.09. The lowest BCUT2D eigenvalue weighted by molar-refractivity contribution is -0.0576. The van der Waals surface area contributed by atoms with Gasteiger partial charge >= 0.3 is 0 Å². The van der Waals surface area contributed by atoms with E-state index in [0.29, 0.717) is 6.42 Å². The van der Waals surface area contributed by atoms with Crippen LogP contribution in [0.1, 0.15) is 33.6 Å². The Balaban J connectivity index is 3.94. The summed E-state index contributed by atoms with van der Waals surface area (Å²) < 4.78 is 0. The van der Waals surface area contributed by atoms with E-state index in [4.69, 9.17) is 5.11 Å². The van der Waals surface area contributed by atoms with Crippen LogP contribution in [-0.4, -0.2) is 22.4 Å². The van der Waals surface area contributed by atoms with E-state index in [9.17, 15) is 5.11 Å². The first-order valence-corrected chi connectivity index (χ1v) is 3.90. The molecule has 1 atom stereocenters. The highest BCUT2D eigenvalue weighted by molar-refractivity contribution is 4.79. The minimum atomic E-state index is -0.852. The maximum atomic E-state index is 9.65. The quantitative estimate of drug-likeness (QED) is 0.625. The number of aliphatic hydroxyl groups excluding tert-OH is 1. The van der Waals surface area contributed by atoms with Crippen LogP contribution >= 0.6 is 0 Å².